The maximum absolute atomic E-state index is 6.03. The summed E-state index contributed by atoms with van der Waals surface area (Å²) < 4.78 is 0.904. The number of nitrogens with two attached hydrogens (primary N) is 1. The molecule has 1 aliphatic heterocycles. The van der Waals surface area contributed by atoms with E-state index < -0.39 is 0 Å². The zero-order chi connectivity index (χ0) is 10.8. The van der Waals surface area contributed by atoms with E-state index in [0.717, 1.165) is 29.9 Å². The van der Waals surface area contributed by atoms with Crippen LogP contribution in [0.3, 0.4) is 0 Å². The first-order valence-corrected chi connectivity index (χ1v) is 5.94. The lowest BCUT2D eigenvalue weighted by Crippen LogP contribution is -2.48. The van der Waals surface area contributed by atoms with Gasteiger partial charge >= 0.3 is 0 Å². The van der Waals surface area contributed by atoms with Crippen LogP contribution >= 0.6 is 15.9 Å². The lowest BCUT2D eigenvalue weighted by molar-refractivity contribution is 0.376. The Morgan fingerprint density at radius 3 is 2.73 bits per heavy atom. The molecule has 4 nitrogen and oxygen atoms in total. The zero-order valence-electron chi connectivity index (χ0n) is 8.73. The quantitative estimate of drug-likeness (QED) is 0.839. The average molecular weight is 271 g/mol. The van der Waals surface area contributed by atoms with Crippen LogP contribution in [-0.4, -0.2) is 29.1 Å². The van der Waals surface area contributed by atoms with Crippen LogP contribution in [-0.2, 0) is 0 Å². The standard InChI is InChI=1S/C10H15BrN4/c1-7-2-3-15(6-9(7)12)10-13-4-8(11)5-14-10/h4-5,7,9H,2-3,6,12H2,1H3. The Labute approximate surface area is 98.0 Å². The fourth-order valence-electron chi connectivity index (χ4n) is 1.75. The van der Waals surface area contributed by atoms with Crippen molar-refractivity contribution in [2.24, 2.45) is 11.7 Å². The smallest absolute Gasteiger partial charge is 0.225 e. The van der Waals surface area contributed by atoms with Gasteiger partial charge in [-0.1, -0.05) is 6.92 Å². The maximum Gasteiger partial charge on any atom is 0.225 e. The molecule has 0 radical (unpaired) electrons. The fourth-order valence-corrected chi connectivity index (χ4v) is 1.95. The minimum Gasteiger partial charge on any atom is -0.339 e. The van der Waals surface area contributed by atoms with Gasteiger partial charge in [0.15, 0.2) is 0 Å². The molecule has 0 saturated carbocycles. The van der Waals surface area contributed by atoms with Gasteiger partial charge in [-0.25, -0.2) is 9.97 Å². The lowest BCUT2D eigenvalue weighted by Gasteiger charge is -2.34. The van der Waals surface area contributed by atoms with Crippen LogP contribution in [0.1, 0.15) is 13.3 Å². The molecule has 1 aliphatic rings. The van der Waals surface area contributed by atoms with Crippen molar-refractivity contribution in [3.8, 4) is 0 Å². The van der Waals surface area contributed by atoms with E-state index in [1.807, 2.05) is 0 Å². The van der Waals surface area contributed by atoms with E-state index in [4.69, 9.17) is 5.73 Å². The second kappa shape index (κ2) is 4.45. The molecule has 0 amide bonds. The van der Waals surface area contributed by atoms with Crippen molar-refractivity contribution in [2.75, 3.05) is 18.0 Å². The minimum atomic E-state index is 0.228. The Morgan fingerprint density at radius 1 is 1.47 bits per heavy atom. The first-order chi connectivity index (χ1) is 7.16. The normalized spacial score (nSPS) is 26.7. The second-order valence-corrected chi connectivity index (χ2v) is 4.99. The Kier molecular flexibility index (Phi) is 3.21. The number of anilines is 1. The largest absolute Gasteiger partial charge is 0.339 e. The van der Waals surface area contributed by atoms with Crippen molar-refractivity contribution < 1.29 is 0 Å². The molecule has 2 atom stereocenters. The SMILES string of the molecule is CC1CCN(c2ncc(Br)cn2)CC1N. The number of halogens is 1. The van der Waals surface area contributed by atoms with Crippen LogP contribution in [0.15, 0.2) is 16.9 Å². The number of aromatic nitrogens is 2. The number of hydrogen-bond donors (Lipinski definition) is 1. The summed E-state index contributed by atoms with van der Waals surface area (Å²) in [5, 5.41) is 0. The van der Waals surface area contributed by atoms with Gasteiger partial charge in [-0.15, -0.1) is 0 Å². The molecule has 1 aromatic heterocycles. The third kappa shape index (κ3) is 2.46. The highest BCUT2D eigenvalue weighted by atomic mass is 79.9. The van der Waals surface area contributed by atoms with Crippen molar-refractivity contribution in [2.45, 2.75) is 19.4 Å². The van der Waals surface area contributed by atoms with Crippen LogP contribution in [0, 0.1) is 5.92 Å². The molecule has 0 aliphatic carbocycles. The highest BCUT2D eigenvalue weighted by Gasteiger charge is 2.24. The Balaban J connectivity index is 2.08. The summed E-state index contributed by atoms with van der Waals surface area (Å²) in [6.45, 7) is 4.05. The molecule has 2 heterocycles. The summed E-state index contributed by atoms with van der Waals surface area (Å²) >= 11 is 3.32. The Bertz CT molecular complexity index is 327. The van der Waals surface area contributed by atoms with Gasteiger partial charge in [0.1, 0.15) is 0 Å². The van der Waals surface area contributed by atoms with Crippen LogP contribution in [0.25, 0.3) is 0 Å². The summed E-state index contributed by atoms with van der Waals surface area (Å²) in [5.74, 6) is 1.37. The average Bonchev–Trinajstić information content (AvgIpc) is 2.23. The predicted molar refractivity (Wildman–Crippen MR) is 63.7 cm³/mol. The van der Waals surface area contributed by atoms with Crippen molar-refractivity contribution >= 4 is 21.9 Å². The highest BCUT2D eigenvalue weighted by Crippen LogP contribution is 2.19. The molecule has 2 N–H and O–H groups in total. The molecular formula is C10H15BrN4. The summed E-state index contributed by atoms with van der Waals surface area (Å²) in [6.07, 6.45) is 4.65. The molecule has 0 aromatic carbocycles. The highest BCUT2D eigenvalue weighted by molar-refractivity contribution is 9.10. The number of nitrogens with zero attached hydrogens (tertiary/aromatic N) is 3. The summed E-state index contributed by atoms with van der Waals surface area (Å²) in [4.78, 5) is 10.7. The molecular weight excluding hydrogens is 256 g/mol. The van der Waals surface area contributed by atoms with E-state index in [1.54, 1.807) is 12.4 Å². The van der Waals surface area contributed by atoms with Crippen molar-refractivity contribution in [1.29, 1.82) is 0 Å². The molecule has 1 aromatic rings. The van der Waals surface area contributed by atoms with E-state index in [-0.39, 0.29) is 6.04 Å². The van der Waals surface area contributed by atoms with Gasteiger partial charge in [0.2, 0.25) is 5.95 Å². The molecule has 1 fully saturated rings. The molecule has 0 bridgehead atoms. The van der Waals surface area contributed by atoms with Crippen LogP contribution in [0.5, 0.6) is 0 Å². The number of piperidine rings is 1. The Morgan fingerprint density at radius 2 is 2.13 bits per heavy atom. The van der Waals surface area contributed by atoms with Crippen LogP contribution < -0.4 is 10.6 Å². The van der Waals surface area contributed by atoms with Crippen molar-refractivity contribution in [1.82, 2.24) is 9.97 Å². The van der Waals surface area contributed by atoms with Crippen molar-refractivity contribution in [3.05, 3.63) is 16.9 Å². The van der Waals surface area contributed by atoms with Gasteiger partial charge in [-0.3, -0.25) is 0 Å². The van der Waals surface area contributed by atoms with Gasteiger partial charge in [-0.05, 0) is 28.3 Å². The molecule has 1 saturated heterocycles. The van der Waals surface area contributed by atoms with Gasteiger partial charge in [-0.2, -0.15) is 0 Å². The van der Waals surface area contributed by atoms with Gasteiger partial charge < -0.3 is 10.6 Å². The first-order valence-electron chi connectivity index (χ1n) is 5.15. The molecule has 15 heavy (non-hydrogen) atoms. The lowest BCUT2D eigenvalue weighted by atomic mass is 9.95. The first kappa shape index (κ1) is 10.8. The number of hydrogen-bond acceptors (Lipinski definition) is 4. The topological polar surface area (TPSA) is 55.0 Å². The summed E-state index contributed by atoms with van der Waals surface area (Å²) in [5.41, 5.74) is 6.03. The molecule has 2 unspecified atom stereocenters. The van der Waals surface area contributed by atoms with Gasteiger partial charge in [0.25, 0.3) is 0 Å². The second-order valence-electron chi connectivity index (χ2n) is 4.08. The van der Waals surface area contributed by atoms with Gasteiger partial charge in [0, 0.05) is 31.5 Å². The molecule has 2 rings (SSSR count). The predicted octanol–water partition coefficient (Wildman–Crippen LogP) is 1.41. The monoisotopic (exact) mass is 270 g/mol. The molecule has 5 heteroatoms. The van der Waals surface area contributed by atoms with E-state index in [9.17, 15) is 0 Å². The molecule has 0 spiro atoms. The molecule has 82 valence electrons. The van der Waals surface area contributed by atoms with E-state index >= 15 is 0 Å². The van der Waals surface area contributed by atoms with Crippen molar-refractivity contribution in [3.63, 3.8) is 0 Å². The number of rotatable bonds is 1. The Hall–Kier alpha value is -0.680. The maximum atomic E-state index is 6.03. The van der Waals surface area contributed by atoms with Gasteiger partial charge in [0.05, 0.1) is 4.47 Å². The zero-order valence-corrected chi connectivity index (χ0v) is 10.3. The summed E-state index contributed by atoms with van der Waals surface area (Å²) in [6, 6.07) is 0.228. The van der Waals surface area contributed by atoms with E-state index in [0.29, 0.717) is 5.92 Å². The van der Waals surface area contributed by atoms with E-state index in [2.05, 4.69) is 37.7 Å². The fraction of sp³-hybridized carbons (Fsp3) is 0.600. The third-order valence-electron chi connectivity index (χ3n) is 2.91. The van der Waals surface area contributed by atoms with Crippen LogP contribution in [0.2, 0.25) is 0 Å². The third-order valence-corrected chi connectivity index (χ3v) is 3.32. The van der Waals surface area contributed by atoms with Crippen LogP contribution in [0.4, 0.5) is 5.95 Å². The minimum absolute atomic E-state index is 0.228. The van der Waals surface area contributed by atoms with E-state index in [1.165, 1.54) is 0 Å². The summed E-state index contributed by atoms with van der Waals surface area (Å²) in [7, 11) is 0.